The average molecular weight is 183 g/mol. The predicted molar refractivity (Wildman–Crippen MR) is 54.0 cm³/mol. The Morgan fingerprint density at radius 2 is 2.27 bits per heavy atom. The zero-order valence-electron chi connectivity index (χ0n) is 6.76. The molecule has 0 fully saturated rings. The van der Waals surface area contributed by atoms with Crippen molar-refractivity contribution in [3.05, 3.63) is 29.8 Å². The molecular formula is C9H11S2. The molecule has 1 aromatic rings. The van der Waals surface area contributed by atoms with Crippen molar-refractivity contribution in [2.24, 2.45) is 0 Å². The molecule has 1 aromatic carbocycles. The monoisotopic (exact) mass is 183 g/mol. The highest BCUT2D eigenvalue weighted by molar-refractivity contribution is 8.76. The van der Waals surface area contributed by atoms with Gasteiger partial charge in [-0.15, -0.1) is 0 Å². The molecule has 0 nitrogen and oxygen atoms in total. The third-order valence-corrected chi connectivity index (χ3v) is 3.55. The van der Waals surface area contributed by atoms with Crippen LogP contribution >= 0.6 is 21.6 Å². The van der Waals surface area contributed by atoms with Crippen molar-refractivity contribution in [3.8, 4) is 0 Å². The first kappa shape index (κ1) is 9.01. The van der Waals surface area contributed by atoms with Crippen LogP contribution in [0.5, 0.6) is 0 Å². The molecule has 0 bridgehead atoms. The summed E-state index contributed by atoms with van der Waals surface area (Å²) >= 11 is 0. The summed E-state index contributed by atoms with van der Waals surface area (Å²) in [5.41, 5.74) is 1.21. The zero-order chi connectivity index (χ0) is 8.10. The van der Waals surface area contributed by atoms with Crippen LogP contribution in [0.25, 0.3) is 0 Å². The van der Waals surface area contributed by atoms with Crippen molar-refractivity contribution in [1.29, 1.82) is 0 Å². The first-order valence-electron chi connectivity index (χ1n) is 3.61. The molecule has 2 heteroatoms. The van der Waals surface area contributed by atoms with E-state index in [9.17, 15) is 0 Å². The highest BCUT2D eigenvalue weighted by atomic mass is 33.1. The Morgan fingerprint density at radius 3 is 2.91 bits per heavy atom. The topological polar surface area (TPSA) is 0 Å². The van der Waals surface area contributed by atoms with Gasteiger partial charge in [-0.25, -0.2) is 0 Å². The highest BCUT2D eigenvalue weighted by Gasteiger charge is 1.92. The molecule has 0 aliphatic carbocycles. The summed E-state index contributed by atoms with van der Waals surface area (Å²) in [7, 11) is 3.65. The Kier molecular flexibility index (Phi) is 3.87. The SMILES string of the molecule is CCSSc1[c]c(C)ccc1. The number of rotatable bonds is 3. The van der Waals surface area contributed by atoms with E-state index in [1.165, 1.54) is 10.5 Å². The van der Waals surface area contributed by atoms with Crippen LogP contribution in [0.1, 0.15) is 12.5 Å². The van der Waals surface area contributed by atoms with Gasteiger partial charge in [-0.2, -0.15) is 0 Å². The van der Waals surface area contributed by atoms with Gasteiger partial charge in [0.15, 0.2) is 0 Å². The molecule has 1 radical (unpaired) electrons. The summed E-state index contributed by atoms with van der Waals surface area (Å²) in [5.74, 6) is 1.15. The Hall–Kier alpha value is -0.0800. The van der Waals surface area contributed by atoms with Crippen LogP contribution in [0.4, 0.5) is 0 Å². The van der Waals surface area contributed by atoms with Crippen LogP contribution in [-0.4, -0.2) is 5.75 Å². The van der Waals surface area contributed by atoms with E-state index >= 15 is 0 Å². The first-order chi connectivity index (χ1) is 5.33. The maximum absolute atomic E-state index is 3.28. The van der Waals surface area contributed by atoms with E-state index in [0.29, 0.717) is 0 Å². The number of benzene rings is 1. The van der Waals surface area contributed by atoms with E-state index in [4.69, 9.17) is 0 Å². The Balaban J connectivity index is 2.56. The molecule has 0 saturated carbocycles. The Bertz CT molecular complexity index is 221. The molecular weight excluding hydrogens is 172 g/mol. The number of hydrogen-bond acceptors (Lipinski definition) is 2. The highest BCUT2D eigenvalue weighted by Crippen LogP contribution is 2.30. The van der Waals surface area contributed by atoms with Crippen molar-refractivity contribution in [1.82, 2.24) is 0 Å². The fourth-order valence-corrected chi connectivity index (χ4v) is 2.34. The minimum Gasteiger partial charge on any atom is -0.0892 e. The van der Waals surface area contributed by atoms with Gasteiger partial charge < -0.3 is 0 Å². The Morgan fingerprint density at radius 1 is 1.45 bits per heavy atom. The molecule has 0 aliphatic heterocycles. The van der Waals surface area contributed by atoms with Crippen molar-refractivity contribution in [3.63, 3.8) is 0 Å². The Labute approximate surface area is 76.2 Å². The smallest absolute Gasteiger partial charge is 0.0264 e. The van der Waals surface area contributed by atoms with Gasteiger partial charge in [0.05, 0.1) is 0 Å². The van der Waals surface area contributed by atoms with Crippen LogP contribution in [0.2, 0.25) is 0 Å². The van der Waals surface area contributed by atoms with Crippen LogP contribution in [0.3, 0.4) is 0 Å². The molecule has 0 heterocycles. The van der Waals surface area contributed by atoms with Gasteiger partial charge in [0.1, 0.15) is 0 Å². The zero-order valence-corrected chi connectivity index (χ0v) is 8.39. The molecule has 0 N–H and O–H groups in total. The molecule has 0 spiro atoms. The first-order valence-corrected chi connectivity index (χ1v) is 5.93. The van der Waals surface area contributed by atoms with E-state index in [2.05, 4.69) is 38.1 Å². The second kappa shape index (κ2) is 4.73. The fourth-order valence-electron chi connectivity index (χ4n) is 0.729. The van der Waals surface area contributed by atoms with Crippen molar-refractivity contribution in [2.75, 3.05) is 5.75 Å². The summed E-state index contributed by atoms with van der Waals surface area (Å²) in [6.45, 7) is 4.23. The maximum atomic E-state index is 3.28. The van der Waals surface area contributed by atoms with Gasteiger partial charge in [-0.1, -0.05) is 40.6 Å². The van der Waals surface area contributed by atoms with Gasteiger partial charge in [0.25, 0.3) is 0 Å². The van der Waals surface area contributed by atoms with E-state index in [1.54, 1.807) is 10.8 Å². The van der Waals surface area contributed by atoms with Crippen LogP contribution < -0.4 is 0 Å². The lowest BCUT2D eigenvalue weighted by Gasteiger charge is -1.97. The lowest BCUT2D eigenvalue weighted by molar-refractivity contribution is 1.35. The van der Waals surface area contributed by atoms with Gasteiger partial charge in [-0.3, -0.25) is 0 Å². The van der Waals surface area contributed by atoms with E-state index in [1.807, 2.05) is 10.8 Å². The molecule has 0 aliphatic rings. The van der Waals surface area contributed by atoms with Crippen LogP contribution in [0.15, 0.2) is 23.1 Å². The van der Waals surface area contributed by atoms with Crippen molar-refractivity contribution < 1.29 is 0 Å². The van der Waals surface area contributed by atoms with Crippen LogP contribution in [0, 0.1) is 13.0 Å². The van der Waals surface area contributed by atoms with E-state index < -0.39 is 0 Å². The summed E-state index contributed by atoms with van der Waals surface area (Å²) in [4.78, 5) is 1.23. The molecule has 0 saturated heterocycles. The summed E-state index contributed by atoms with van der Waals surface area (Å²) in [6.07, 6.45) is 0. The van der Waals surface area contributed by atoms with E-state index in [0.717, 1.165) is 5.75 Å². The molecule has 59 valence electrons. The van der Waals surface area contributed by atoms with Gasteiger partial charge >= 0.3 is 0 Å². The normalized spacial score (nSPS) is 10.0. The quantitative estimate of drug-likeness (QED) is 0.657. The molecule has 0 amide bonds. The third-order valence-electron chi connectivity index (χ3n) is 1.18. The molecule has 1 rings (SSSR count). The molecule has 11 heavy (non-hydrogen) atoms. The number of aryl methyl sites for hydroxylation is 1. The number of hydrogen-bond donors (Lipinski definition) is 0. The van der Waals surface area contributed by atoms with Gasteiger partial charge in [-0.05, 0) is 18.6 Å². The second-order valence-electron chi connectivity index (χ2n) is 2.19. The standard InChI is InChI=1S/C9H11S2/c1-3-10-11-9-6-4-5-8(2)7-9/h4-6H,3H2,1-2H3. The third kappa shape index (κ3) is 3.21. The van der Waals surface area contributed by atoms with Gasteiger partial charge in [0, 0.05) is 16.7 Å². The summed E-state index contributed by atoms with van der Waals surface area (Å²) < 4.78 is 0. The largest absolute Gasteiger partial charge is 0.0892 e. The lowest BCUT2D eigenvalue weighted by Crippen LogP contribution is -1.72. The minimum absolute atomic E-state index is 1.15. The van der Waals surface area contributed by atoms with E-state index in [-0.39, 0.29) is 0 Å². The predicted octanol–water partition coefficient (Wildman–Crippen LogP) is 3.56. The fraction of sp³-hybridized carbons (Fsp3) is 0.333. The van der Waals surface area contributed by atoms with Gasteiger partial charge in [0.2, 0.25) is 0 Å². The lowest BCUT2D eigenvalue weighted by atomic mass is 10.2. The van der Waals surface area contributed by atoms with Crippen molar-refractivity contribution in [2.45, 2.75) is 18.7 Å². The van der Waals surface area contributed by atoms with Crippen LogP contribution in [-0.2, 0) is 0 Å². The molecule has 0 unspecified atom stereocenters. The molecule has 0 aromatic heterocycles. The summed E-state index contributed by atoms with van der Waals surface area (Å²) in [5, 5.41) is 0. The minimum atomic E-state index is 1.15. The maximum Gasteiger partial charge on any atom is 0.0264 e. The van der Waals surface area contributed by atoms with Crippen molar-refractivity contribution >= 4 is 21.6 Å². The second-order valence-corrected chi connectivity index (χ2v) is 4.81. The molecule has 0 atom stereocenters. The average Bonchev–Trinajstić information content (AvgIpc) is 2.01. The summed E-state index contributed by atoms with van der Waals surface area (Å²) in [6, 6.07) is 9.53.